The Bertz CT molecular complexity index is 531. The number of ether oxygens (including phenoxy) is 1. The van der Waals surface area contributed by atoms with E-state index in [1.807, 2.05) is 49.9 Å². The van der Waals surface area contributed by atoms with Crippen LogP contribution in [-0.4, -0.2) is 47.7 Å². The van der Waals surface area contributed by atoms with Gasteiger partial charge in [-0.2, -0.15) is 0 Å². The number of likely N-dealkylation sites (tertiary alicyclic amines) is 1. The molecule has 0 atom stereocenters. The molecule has 0 radical (unpaired) electrons. The molecule has 1 saturated heterocycles. The number of amides is 1. The second kappa shape index (κ2) is 7.21. The van der Waals surface area contributed by atoms with Gasteiger partial charge in [-0.25, -0.2) is 4.79 Å². The number of hydrogen-bond acceptors (Lipinski definition) is 4. The molecule has 2 rings (SSSR count). The highest BCUT2D eigenvalue weighted by atomic mass is 16.6. The second-order valence-corrected chi connectivity index (χ2v) is 7.34. The van der Waals surface area contributed by atoms with Gasteiger partial charge in [0.05, 0.1) is 6.54 Å². The molecule has 5 nitrogen and oxygen atoms in total. The van der Waals surface area contributed by atoms with Crippen LogP contribution in [0.25, 0.3) is 0 Å². The second-order valence-electron chi connectivity index (χ2n) is 7.34. The fraction of sp³-hybridized carbons (Fsp3) is 0.611. The third-order valence-corrected chi connectivity index (χ3v) is 4.15. The third kappa shape index (κ3) is 5.13. The van der Waals surface area contributed by atoms with Crippen molar-refractivity contribution >= 4 is 11.8 Å². The minimum atomic E-state index is -0.497. The van der Waals surface area contributed by atoms with Crippen molar-refractivity contribution in [3.63, 3.8) is 0 Å². The van der Waals surface area contributed by atoms with Gasteiger partial charge in [-0.1, -0.05) is 18.2 Å². The number of piperidine rings is 1. The first-order chi connectivity index (χ1) is 10.8. The van der Waals surface area contributed by atoms with E-state index in [1.54, 1.807) is 0 Å². The van der Waals surface area contributed by atoms with Crippen LogP contribution in [0.5, 0.6) is 0 Å². The first-order valence-electron chi connectivity index (χ1n) is 8.28. The van der Waals surface area contributed by atoms with E-state index in [0.717, 1.165) is 31.5 Å². The summed E-state index contributed by atoms with van der Waals surface area (Å²) in [6.45, 7) is 8.18. The maximum absolute atomic E-state index is 12.7. The van der Waals surface area contributed by atoms with Gasteiger partial charge in [-0.05, 0) is 65.4 Å². The summed E-state index contributed by atoms with van der Waals surface area (Å²) >= 11 is 0. The molecule has 23 heavy (non-hydrogen) atoms. The Morgan fingerprint density at radius 2 is 1.91 bits per heavy atom. The van der Waals surface area contributed by atoms with Crippen molar-refractivity contribution in [2.75, 3.05) is 25.9 Å². The maximum atomic E-state index is 12.7. The fourth-order valence-corrected chi connectivity index (χ4v) is 2.83. The van der Waals surface area contributed by atoms with Gasteiger partial charge in [0.1, 0.15) is 5.60 Å². The van der Waals surface area contributed by atoms with Crippen molar-refractivity contribution in [3.8, 4) is 0 Å². The Hall–Kier alpha value is -1.75. The van der Waals surface area contributed by atoms with E-state index in [2.05, 4.69) is 11.9 Å². The van der Waals surface area contributed by atoms with Crippen LogP contribution in [0.1, 0.15) is 39.2 Å². The van der Waals surface area contributed by atoms with E-state index in [9.17, 15) is 4.79 Å². The van der Waals surface area contributed by atoms with Gasteiger partial charge in [0, 0.05) is 11.7 Å². The number of hydrogen-bond donors (Lipinski definition) is 1. The zero-order valence-corrected chi connectivity index (χ0v) is 14.7. The summed E-state index contributed by atoms with van der Waals surface area (Å²) in [5.41, 5.74) is 7.25. The van der Waals surface area contributed by atoms with Gasteiger partial charge in [0.25, 0.3) is 0 Å². The fourth-order valence-electron chi connectivity index (χ4n) is 2.83. The zero-order valence-electron chi connectivity index (χ0n) is 14.7. The number of nitrogens with zero attached hydrogens (tertiary/aromatic N) is 2. The van der Waals surface area contributed by atoms with Crippen molar-refractivity contribution in [1.29, 1.82) is 0 Å². The predicted molar refractivity (Wildman–Crippen MR) is 93.2 cm³/mol. The topological polar surface area (TPSA) is 58.8 Å². The number of nitrogen functional groups attached to an aromatic ring is 1. The molecule has 1 heterocycles. The van der Waals surface area contributed by atoms with Gasteiger partial charge in [0.15, 0.2) is 0 Å². The molecule has 5 heteroatoms. The molecule has 0 aliphatic carbocycles. The van der Waals surface area contributed by atoms with Crippen LogP contribution in [0.15, 0.2) is 24.3 Å². The standard InChI is InChI=1S/C18H29N3O2/c1-18(2,3)23-17(22)21(15-9-11-20(4)12-10-15)13-14-7-5-6-8-16(14)19/h5-8,15H,9-13,19H2,1-4H3. The van der Waals surface area contributed by atoms with Crippen LogP contribution in [0.3, 0.4) is 0 Å². The molecule has 1 amide bonds. The molecule has 0 saturated carbocycles. The molecule has 1 aromatic carbocycles. The van der Waals surface area contributed by atoms with Crippen LogP contribution in [0.2, 0.25) is 0 Å². The van der Waals surface area contributed by atoms with Gasteiger partial charge in [0.2, 0.25) is 0 Å². The first kappa shape index (κ1) is 17.6. The van der Waals surface area contributed by atoms with E-state index < -0.39 is 5.60 Å². The van der Waals surface area contributed by atoms with Gasteiger partial charge >= 0.3 is 6.09 Å². The van der Waals surface area contributed by atoms with Crippen LogP contribution in [0.4, 0.5) is 10.5 Å². The van der Waals surface area contributed by atoms with E-state index in [4.69, 9.17) is 10.5 Å². The lowest BCUT2D eigenvalue weighted by molar-refractivity contribution is 0.00695. The molecule has 2 N–H and O–H groups in total. The Balaban J connectivity index is 2.17. The highest BCUT2D eigenvalue weighted by Gasteiger charge is 2.30. The SMILES string of the molecule is CN1CCC(N(Cc2ccccc2N)C(=O)OC(C)(C)C)CC1. The van der Waals surface area contributed by atoms with Crippen molar-refractivity contribution < 1.29 is 9.53 Å². The lowest BCUT2D eigenvalue weighted by Crippen LogP contribution is -2.47. The number of carbonyl (C=O) groups is 1. The number of benzene rings is 1. The van der Waals surface area contributed by atoms with Crippen molar-refractivity contribution in [3.05, 3.63) is 29.8 Å². The average molecular weight is 319 g/mol. The van der Waals surface area contributed by atoms with E-state index in [-0.39, 0.29) is 12.1 Å². The molecule has 1 aliphatic heterocycles. The van der Waals surface area contributed by atoms with E-state index >= 15 is 0 Å². The molecular formula is C18H29N3O2. The first-order valence-corrected chi connectivity index (χ1v) is 8.28. The summed E-state index contributed by atoms with van der Waals surface area (Å²) in [6.07, 6.45) is 1.67. The number of carbonyl (C=O) groups excluding carboxylic acids is 1. The largest absolute Gasteiger partial charge is 0.444 e. The van der Waals surface area contributed by atoms with Crippen molar-refractivity contribution in [2.24, 2.45) is 0 Å². The molecule has 0 aromatic heterocycles. The van der Waals surface area contributed by atoms with E-state index in [0.29, 0.717) is 12.2 Å². The lowest BCUT2D eigenvalue weighted by atomic mass is 10.0. The predicted octanol–water partition coefficient (Wildman–Crippen LogP) is 3.10. The van der Waals surface area contributed by atoms with E-state index in [1.165, 1.54) is 0 Å². The molecule has 1 aromatic rings. The average Bonchev–Trinajstić information content (AvgIpc) is 2.46. The Morgan fingerprint density at radius 1 is 1.30 bits per heavy atom. The maximum Gasteiger partial charge on any atom is 0.410 e. The zero-order chi connectivity index (χ0) is 17.0. The summed E-state index contributed by atoms with van der Waals surface area (Å²) in [4.78, 5) is 16.8. The van der Waals surface area contributed by atoms with Crippen molar-refractivity contribution in [2.45, 2.75) is 51.8 Å². The summed E-state index contributed by atoms with van der Waals surface area (Å²) in [5.74, 6) is 0. The molecule has 0 bridgehead atoms. The van der Waals surface area contributed by atoms with Crippen LogP contribution in [-0.2, 0) is 11.3 Å². The smallest absolute Gasteiger partial charge is 0.410 e. The summed E-state index contributed by atoms with van der Waals surface area (Å²) in [7, 11) is 2.11. The summed E-state index contributed by atoms with van der Waals surface area (Å²) in [6, 6.07) is 7.90. The third-order valence-electron chi connectivity index (χ3n) is 4.15. The normalized spacial score (nSPS) is 17.0. The molecule has 128 valence electrons. The summed E-state index contributed by atoms with van der Waals surface area (Å²) < 4.78 is 5.62. The summed E-state index contributed by atoms with van der Waals surface area (Å²) in [5, 5.41) is 0. The minimum Gasteiger partial charge on any atom is -0.444 e. The number of anilines is 1. The van der Waals surface area contributed by atoms with Crippen LogP contribution >= 0.6 is 0 Å². The van der Waals surface area contributed by atoms with Crippen molar-refractivity contribution in [1.82, 2.24) is 9.80 Å². The van der Waals surface area contributed by atoms with Gasteiger partial charge in [-0.15, -0.1) is 0 Å². The monoisotopic (exact) mass is 319 g/mol. The number of para-hydroxylation sites is 1. The molecule has 0 unspecified atom stereocenters. The number of rotatable bonds is 3. The number of nitrogens with two attached hydrogens (primary N) is 1. The highest BCUT2D eigenvalue weighted by molar-refractivity contribution is 5.69. The highest BCUT2D eigenvalue weighted by Crippen LogP contribution is 2.23. The molecular weight excluding hydrogens is 290 g/mol. The Kier molecular flexibility index (Phi) is 5.52. The van der Waals surface area contributed by atoms with Crippen LogP contribution < -0.4 is 5.73 Å². The van der Waals surface area contributed by atoms with Crippen LogP contribution in [0, 0.1) is 0 Å². The Morgan fingerprint density at radius 3 is 2.48 bits per heavy atom. The lowest BCUT2D eigenvalue weighted by Gasteiger charge is -2.38. The van der Waals surface area contributed by atoms with Gasteiger partial charge < -0.3 is 20.3 Å². The Labute approximate surface area is 139 Å². The molecule has 1 fully saturated rings. The minimum absolute atomic E-state index is 0.195. The molecule has 0 spiro atoms. The van der Waals surface area contributed by atoms with Gasteiger partial charge in [-0.3, -0.25) is 0 Å². The molecule has 1 aliphatic rings. The quantitative estimate of drug-likeness (QED) is 0.870.